The minimum absolute atomic E-state index is 0.0992. The maximum Gasteiger partial charge on any atom is 0.153 e. The van der Waals surface area contributed by atoms with E-state index in [0.717, 1.165) is 42.0 Å². The molecule has 8 heteroatoms. The molecule has 0 saturated heterocycles. The molecule has 142 valence electrons. The Balaban J connectivity index is 1.80. The SMILES string of the molecule is [B]c1nc(-c2cccc3c2oc2c(C#N)c(C4([B])CCCCC4)ccc23)c([B])c([B])c1[B]. The molecule has 0 aliphatic heterocycles. The van der Waals surface area contributed by atoms with E-state index >= 15 is 0 Å². The Morgan fingerprint density at radius 3 is 2.31 bits per heavy atom. The third kappa shape index (κ3) is 3.05. The molecule has 2 heterocycles. The molecule has 32 heavy (non-hydrogen) atoms. The summed E-state index contributed by atoms with van der Waals surface area (Å²) < 4.78 is 6.31. The van der Waals surface area contributed by atoms with Crippen LogP contribution in [0.15, 0.2) is 34.7 Å². The summed E-state index contributed by atoms with van der Waals surface area (Å²) in [6, 6.07) is 11.9. The van der Waals surface area contributed by atoms with Crippen LogP contribution in [0.5, 0.6) is 0 Å². The fourth-order valence-corrected chi connectivity index (χ4v) is 4.88. The van der Waals surface area contributed by atoms with E-state index in [1.54, 1.807) is 0 Å². The summed E-state index contributed by atoms with van der Waals surface area (Å²) in [5.74, 6) is 0. The van der Waals surface area contributed by atoms with Gasteiger partial charge in [-0.1, -0.05) is 67.3 Å². The Hall–Kier alpha value is -2.80. The number of hydrogen-bond donors (Lipinski definition) is 0. The lowest BCUT2D eigenvalue weighted by atomic mass is 9.56. The van der Waals surface area contributed by atoms with Gasteiger partial charge in [-0.25, -0.2) is 0 Å². The van der Waals surface area contributed by atoms with Crippen LogP contribution >= 0.6 is 0 Å². The first-order valence-corrected chi connectivity index (χ1v) is 10.6. The van der Waals surface area contributed by atoms with Gasteiger partial charge in [-0.3, -0.25) is 4.98 Å². The largest absolute Gasteiger partial charge is 0.454 e. The van der Waals surface area contributed by atoms with Crippen LogP contribution in [0, 0.1) is 11.3 Å². The van der Waals surface area contributed by atoms with Crippen molar-refractivity contribution in [2.24, 2.45) is 0 Å². The average molecular weight is 401 g/mol. The maximum atomic E-state index is 10.1. The first-order valence-electron chi connectivity index (χ1n) is 10.6. The monoisotopic (exact) mass is 402 g/mol. The molecule has 0 atom stereocenters. The predicted octanol–water partition coefficient (Wildman–Crippen LogP) is 1.02. The number of pyridine rings is 1. The van der Waals surface area contributed by atoms with Gasteiger partial charge in [-0.15, -0.1) is 5.46 Å². The van der Waals surface area contributed by atoms with Crippen molar-refractivity contribution in [1.82, 2.24) is 4.98 Å². The molecule has 2 aromatic carbocycles. The molecule has 3 nitrogen and oxygen atoms in total. The number of aromatic nitrogens is 1. The van der Waals surface area contributed by atoms with E-state index in [4.69, 9.17) is 43.6 Å². The molecule has 1 aliphatic carbocycles. The van der Waals surface area contributed by atoms with Crippen LogP contribution in [0.2, 0.25) is 0 Å². The average Bonchev–Trinajstić information content (AvgIpc) is 3.19. The van der Waals surface area contributed by atoms with Crippen LogP contribution in [-0.2, 0) is 5.31 Å². The van der Waals surface area contributed by atoms with E-state index in [2.05, 4.69) is 11.1 Å². The molecule has 1 fully saturated rings. The van der Waals surface area contributed by atoms with Crippen LogP contribution in [0.4, 0.5) is 0 Å². The number of fused-ring (bicyclic) bond motifs is 3. The van der Waals surface area contributed by atoms with Gasteiger partial charge in [0.1, 0.15) is 43.0 Å². The van der Waals surface area contributed by atoms with Gasteiger partial charge < -0.3 is 4.42 Å². The second-order valence-electron chi connectivity index (χ2n) is 8.56. The molecule has 0 unspecified atom stereocenters. The molecule has 0 bridgehead atoms. The molecule has 1 saturated carbocycles. The van der Waals surface area contributed by atoms with E-state index in [1.807, 2.05) is 30.3 Å². The summed E-state index contributed by atoms with van der Waals surface area (Å²) in [6.45, 7) is 0. The third-order valence-corrected chi connectivity index (χ3v) is 6.66. The quantitative estimate of drug-likeness (QED) is 0.472. The molecule has 10 radical (unpaired) electrons. The first kappa shape index (κ1) is 21.1. The van der Waals surface area contributed by atoms with Crippen molar-refractivity contribution in [3.8, 4) is 17.3 Å². The Kier molecular flexibility index (Phi) is 5.04. The van der Waals surface area contributed by atoms with E-state index in [1.165, 1.54) is 6.42 Å². The van der Waals surface area contributed by atoms with Gasteiger partial charge in [-0.2, -0.15) is 5.26 Å². The van der Waals surface area contributed by atoms with Gasteiger partial charge in [-0.05, 0) is 22.5 Å². The van der Waals surface area contributed by atoms with Crippen molar-refractivity contribution in [2.75, 3.05) is 0 Å². The molecule has 0 N–H and O–H groups in total. The van der Waals surface area contributed by atoms with Crippen molar-refractivity contribution < 1.29 is 4.42 Å². The Morgan fingerprint density at radius 2 is 1.59 bits per heavy atom. The van der Waals surface area contributed by atoms with Crippen molar-refractivity contribution in [2.45, 2.75) is 37.4 Å². The van der Waals surface area contributed by atoms with E-state index < -0.39 is 5.31 Å². The Morgan fingerprint density at radius 1 is 0.875 bits per heavy atom. The highest BCUT2D eigenvalue weighted by Crippen LogP contribution is 2.42. The third-order valence-electron chi connectivity index (χ3n) is 6.66. The Bertz CT molecular complexity index is 1430. The van der Waals surface area contributed by atoms with E-state index in [-0.39, 0.29) is 22.0 Å². The van der Waals surface area contributed by atoms with Crippen LogP contribution in [0.3, 0.4) is 0 Å². The van der Waals surface area contributed by atoms with Gasteiger partial charge in [0, 0.05) is 16.3 Å². The molecule has 1 aliphatic rings. The molecule has 2 aromatic heterocycles. The van der Waals surface area contributed by atoms with Gasteiger partial charge in [0.25, 0.3) is 0 Å². The smallest absolute Gasteiger partial charge is 0.153 e. The number of hydrogen-bond acceptors (Lipinski definition) is 3. The summed E-state index contributed by atoms with van der Waals surface area (Å²) in [6.07, 6.45) is 4.97. The normalized spacial score (nSPS) is 15.7. The highest BCUT2D eigenvalue weighted by molar-refractivity contribution is 6.62. The van der Waals surface area contributed by atoms with Crippen molar-refractivity contribution >= 4 is 83.2 Å². The van der Waals surface area contributed by atoms with Crippen LogP contribution in [-0.4, -0.2) is 44.2 Å². The standard InChI is InChI=1S/C24H15B5N2O/c25-17-18(26)20(31-23(28)19(17)27)14-6-4-5-12-13-7-8-16(24(29)9-2-1-3-10-24)15(11-30)22(13)32-21(12)14/h4-8H,1-3,9-10H2. The lowest BCUT2D eigenvalue weighted by molar-refractivity contribution is 0.397. The maximum absolute atomic E-state index is 10.1. The molecule has 0 amide bonds. The number of nitriles is 1. The number of nitrogens with zero attached hydrogens (tertiary/aromatic N) is 2. The van der Waals surface area contributed by atoms with E-state index in [0.29, 0.717) is 28.0 Å². The second-order valence-corrected chi connectivity index (χ2v) is 8.56. The highest BCUT2D eigenvalue weighted by atomic mass is 16.3. The number of rotatable bonds is 2. The minimum Gasteiger partial charge on any atom is -0.454 e. The topological polar surface area (TPSA) is 49.8 Å². The minimum atomic E-state index is -0.523. The number of para-hydroxylation sites is 1. The van der Waals surface area contributed by atoms with Crippen LogP contribution in [0.1, 0.15) is 43.2 Å². The first-order chi connectivity index (χ1) is 15.4. The zero-order valence-corrected chi connectivity index (χ0v) is 17.6. The lowest BCUT2D eigenvalue weighted by Crippen LogP contribution is -2.49. The van der Waals surface area contributed by atoms with Crippen LogP contribution in [0.25, 0.3) is 33.2 Å². The molecule has 0 spiro atoms. The highest BCUT2D eigenvalue weighted by Gasteiger charge is 2.32. The van der Waals surface area contributed by atoms with Gasteiger partial charge in [0.15, 0.2) is 5.58 Å². The van der Waals surface area contributed by atoms with Gasteiger partial charge >= 0.3 is 0 Å². The van der Waals surface area contributed by atoms with Gasteiger partial charge in [0.2, 0.25) is 0 Å². The van der Waals surface area contributed by atoms with E-state index in [9.17, 15) is 5.26 Å². The molecular formula is C24H15B5N2O. The fraction of sp³-hybridized carbons (Fsp3) is 0.250. The zero-order valence-electron chi connectivity index (χ0n) is 17.6. The lowest BCUT2D eigenvalue weighted by Gasteiger charge is -2.35. The number of benzene rings is 2. The summed E-state index contributed by atoms with van der Waals surface area (Å²) >= 11 is 0. The molecule has 4 aromatic rings. The summed E-state index contributed by atoms with van der Waals surface area (Å²) in [5.41, 5.74) is 4.06. The molecular weight excluding hydrogens is 386 g/mol. The van der Waals surface area contributed by atoms with Crippen molar-refractivity contribution in [3.05, 3.63) is 41.5 Å². The summed E-state index contributed by atoms with van der Waals surface area (Å²) in [7, 11) is 30.9. The van der Waals surface area contributed by atoms with Gasteiger partial charge in [0.05, 0.1) is 19.1 Å². The summed E-state index contributed by atoms with van der Waals surface area (Å²) in [5, 5.41) is 11.2. The zero-order chi connectivity index (χ0) is 22.6. The second kappa shape index (κ2) is 7.66. The van der Waals surface area contributed by atoms with Crippen LogP contribution < -0.4 is 22.0 Å². The summed E-state index contributed by atoms with van der Waals surface area (Å²) in [4.78, 5) is 4.37. The fourth-order valence-electron chi connectivity index (χ4n) is 4.88. The predicted molar refractivity (Wildman–Crippen MR) is 134 cm³/mol. The Labute approximate surface area is 194 Å². The number of furan rings is 1. The molecule has 5 rings (SSSR count). The van der Waals surface area contributed by atoms with Crippen molar-refractivity contribution in [3.63, 3.8) is 0 Å². The van der Waals surface area contributed by atoms with Crippen molar-refractivity contribution in [1.29, 1.82) is 5.26 Å².